The first kappa shape index (κ1) is 16.2. The maximum Gasteiger partial charge on any atom is 0.188 e. The second kappa shape index (κ2) is 6.61. The highest BCUT2D eigenvalue weighted by molar-refractivity contribution is 7.14. The lowest BCUT2D eigenvalue weighted by Crippen LogP contribution is -1.97. The van der Waals surface area contributed by atoms with Gasteiger partial charge in [-0.2, -0.15) is 0 Å². The number of aromatic nitrogens is 3. The van der Waals surface area contributed by atoms with E-state index in [0.717, 1.165) is 27.4 Å². The van der Waals surface area contributed by atoms with E-state index < -0.39 is 0 Å². The first-order valence-corrected chi connectivity index (χ1v) is 9.66. The summed E-state index contributed by atoms with van der Waals surface area (Å²) < 4.78 is 0. The Morgan fingerprint density at radius 1 is 0.778 bits per heavy atom. The average molecular weight is 389 g/mol. The quantitative estimate of drug-likeness (QED) is 0.394. The van der Waals surface area contributed by atoms with Crippen LogP contribution in [0.15, 0.2) is 72.1 Å². The van der Waals surface area contributed by atoms with Crippen LogP contribution in [0.5, 0.6) is 0 Å². The van der Waals surface area contributed by atoms with Gasteiger partial charge in [0.05, 0.1) is 16.7 Å². The maximum atomic E-state index is 6.28. The fourth-order valence-corrected chi connectivity index (χ4v) is 3.87. The highest BCUT2D eigenvalue weighted by Crippen LogP contribution is 2.30. The summed E-state index contributed by atoms with van der Waals surface area (Å²) in [5, 5.41) is 8.68. The smallest absolute Gasteiger partial charge is 0.188 e. The Morgan fingerprint density at radius 3 is 2.37 bits per heavy atom. The standard InChI is InChI=1S/C21H13ClN4S/c22-19-20(24-17-8-4-3-7-16(17)23-19)26-21-25-18(12-27-21)15-10-9-13-5-1-2-6-14(13)11-15/h1-12H,(H,24,25,26). The Morgan fingerprint density at radius 2 is 1.52 bits per heavy atom. The van der Waals surface area contributed by atoms with Crippen LogP contribution in [0.1, 0.15) is 0 Å². The van der Waals surface area contributed by atoms with Gasteiger partial charge in [-0.25, -0.2) is 15.0 Å². The molecule has 1 N–H and O–H groups in total. The molecule has 4 nitrogen and oxygen atoms in total. The van der Waals surface area contributed by atoms with E-state index in [4.69, 9.17) is 11.6 Å². The number of thiazole rings is 1. The molecule has 0 atom stereocenters. The predicted molar refractivity (Wildman–Crippen MR) is 113 cm³/mol. The van der Waals surface area contributed by atoms with Crippen molar-refractivity contribution >= 4 is 55.7 Å². The summed E-state index contributed by atoms with van der Waals surface area (Å²) in [7, 11) is 0. The first-order chi connectivity index (χ1) is 13.3. The number of benzene rings is 3. The van der Waals surface area contributed by atoms with Gasteiger partial charge in [-0.3, -0.25) is 0 Å². The number of hydrogen-bond donors (Lipinski definition) is 1. The molecule has 2 heterocycles. The van der Waals surface area contributed by atoms with E-state index in [1.165, 1.54) is 22.1 Å². The van der Waals surface area contributed by atoms with Gasteiger partial charge in [0.15, 0.2) is 16.1 Å². The van der Waals surface area contributed by atoms with E-state index in [-0.39, 0.29) is 0 Å². The van der Waals surface area contributed by atoms with Crippen molar-refractivity contribution in [2.45, 2.75) is 0 Å². The van der Waals surface area contributed by atoms with E-state index in [1.807, 2.05) is 41.8 Å². The largest absolute Gasteiger partial charge is 0.314 e. The van der Waals surface area contributed by atoms with Gasteiger partial charge in [0.2, 0.25) is 0 Å². The first-order valence-electron chi connectivity index (χ1n) is 8.40. The molecule has 0 radical (unpaired) electrons. The predicted octanol–water partition coefficient (Wildman–Crippen LogP) is 6.30. The minimum Gasteiger partial charge on any atom is -0.314 e. The van der Waals surface area contributed by atoms with Gasteiger partial charge < -0.3 is 5.32 Å². The number of fused-ring (bicyclic) bond motifs is 2. The minimum absolute atomic E-state index is 0.330. The van der Waals surface area contributed by atoms with Crippen molar-refractivity contribution in [3.63, 3.8) is 0 Å². The van der Waals surface area contributed by atoms with E-state index >= 15 is 0 Å². The monoisotopic (exact) mass is 388 g/mol. The Kier molecular flexibility index (Phi) is 3.96. The maximum absolute atomic E-state index is 6.28. The van der Waals surface area contributed by atoms with Gasteiger partial charge in [-0.05, 0) is 29.0 Å². The molecule has 5 rings (SSSR count). The summed E-state index contributed by atoms with van der Waals surface area (Å²) in [6.07, 6.45) is 0. The summed E-state index contributed by atoms with van der Waals surface area (Å²) in [4.78, 5) is 13.6. The third kappa shape index (κ3) is 3.12. The molecule has 6 heteroatoms. The third-order valence-electron chi connectivity index (χ3n) is 4.30. The molecule has 0 amide bonds. The molecule has 0 fully saturated rings. The van der Waals surface area contributed by atoms with Crippen LogP contribution in [0.25, 0.3) is 33.1 Å². The van der Waals surface area contributed by atoms with Gasteiger partial charge in [-0.1, -0.05) is 60.1 Å². The molecular weight excluding hydrogens is 376 g/mol. The second-order valence-corrected chi connectivity index (χ2v) is 7.29. The van der Waals surface area contributed by atoms with E-state index in [0.29, 0.717) is 11.0 Å². The van der Waals surface area contributed by atoms with Crippen LogP contribution in [-0.2, 0) is 0 Å². The third-order valence-corrected chi connectivity index (χ3v) is 5.32. The van der Waals surface area contributed by atoms with Crippen molar-refractivity contribution < 1.29 is 0 Å². The topological polar surface area (TPSA) is 50.7 Å². The SMILES string of the molecule is Clc1nc2ccccc2nc1Nc1nc(-c2ccc3ccccc3c2)cs1. The van der Waals surface area contributed by atoms with Crippen LogP contribution in [0.4, 0.5) is 10.9 Å². The van der Waals surface area contributed by atoms with Crippen LogP contribution >= 0.6 is 22.9 Å². The van der Waals surface area contributed by atoms with Gasteiger partial charge in [0.25, 0.3) is 0 Å². The Hall–Kier alpha value is -3.02. The molecule has 0 aliphatic rings. The lowest BCUT2D eigenvalue weighted by atomic mass is 10.1. The molecule has 27 heavy (non-hydrogen) atoms. The molecule has 0 bridgehead atoms. The van der Waals surface area contributed by atoms with Crippen LogP contribution < -0.4 is 5.32 Å². The van der Waals surface area contributed by atoms with Gasteiger partial charge >= 0.3 is 0 Å². The van der Waals surface area contributed by atoms with Crippen molar-refractivity contribution in [1.82, 2.24) is 15.0 Å². The van der Waals surface area contributed by atoms with Crippen LogP contribution in [0, 0.1) is 0 Å². The summed E-state index contributed by atoms with van der Waals surface area (Å²) in [6.45, 7) is 0. The fourth-order valence-electron chi connectivity index (χ4n) is 2.97. The summed E-state index contributed by atoms with van der Waals surface area (Å²) in [5.41, 5.74) is 3.55. The Labute approximate surface area is 164 Å². The summed E-state index contributed by atoms with van der Waals surface area (Å²) in [5.74, 6) is 0.509. The second-order valence-electron chi connectivity index (χ2n) is 6.08. The van der Waals surface area contributed by atoms with E-state index in [9.17, 15) is 0 Å². The number of halogens is 1. The highest BCUT2D eigenvalue weighted by atomic mass is 35.5. The normalized spacial score (nSPS) is 11.1. The summed E-state index contributed by atoms with van der Waals surface area (Å²) in [6, 6.07) is 22.3. The minimum atomic E-state index is 0.330. The Balaban J connectivity index is 1.47. The molecule has 2 aromatic heterocycles. The van der Waals surface area contributed by atoms with Crippen LogP contribution in [-0.4, -0.2) is 15.0 Å². The van der Waals surface area contributed by atoms with Crippen molar-refractivity contribution in [3.8, 4) is 11.3 Å². The number of rotatable bonds is 3. The summed E-state index contributed by atoms with van der Waals surface area (Å²) >= 11 is 7.79. The van der Waals surface area contributed by atoms with Crippen LogP contribution in [0.3, 0.4) is 0 Å². The zero-order valence-electron chi connectivity index (χ0n) is 14.1. The molecule has 0 aliphatic heterocycles. The van der Waals surface area contributed by atoms with Crippen molar-refractivity contribution in [3.05, 3.63) is 77.3 Å². The fraction of sp³-hybridized carbons (Fsp3) is 0. The zero-order valence-corrected chi connectivity index (χ0v) is 15.6. The number of hydrogen-bond acceptors (Lipinski definition) is 5. The molecule has 3 aromatic carbocycles. The van der Waals surface area contributed by atoms with E-state index in [2.05, 4.69) is 50.6 Å². The highest BCUT2D eigenvalue weighted by Gasteiger charge is 2.10. The lowest BCUT2D eigenvalue weighted by molar-refractivity contribution is 1.27. The molecule has 0 spiro atoms. The number of para-hydroxylation sites is 2. The van der Waals surface area contributed by atoms with Crippen molar-refractivity contribution in [2.24, 2.45) is 0 Å². The Bertz CT molecular complexity index is 1280. The lowest BCUT2D eigenvalue weighted by Gasteiger charge is -2.05. The molecule has 0 saturated heterocycles. The van der Waals surface area contributed by atoms with Crippen LogP contribution in [0.2, 0.25) is 5.15 Å². The van der Waals surface area contributed by atoms with Gasteiger partial charge in [0, 0.05) is 10.9 Å². The zero-order chi connectivity index (χ0) is 18.2. The molecule has 130 valence electrons. The molecular formula is C21H13ClN4S. The molecule has 5 aromatic rings. The average Bonchev–Trinajstić information content (AvgIpc) is 3.17. The number of anilines is 2. The van der Waals surface area contributed by atoms with Crippen molar-refractivity contribution in [2.75, 3.05) is 5.32 Å². The molecule has 0 saturated carbocycles. The molecule has 0 unspecified atom stereocenters. The number of nitrogens with zero attached hydrogens (tertiary/aromatic N) is 3. The van der Waals surface area contributed by atoms with E-state index in [1.54, 1.807) is 0 Å². The van der Waals surface area contributed by atoms with Gasteiger partial charge in [0.1, 0.15) is 0 Å². The van der Waals surface area contributed by atoms with Gasteiger partial charge in [-0.15, -0.1) is 11.3 Å². The molecule has 0 aliphatic carbocycles. The number of nitrogens with one attached hydrogen (secondary N) is 1. The van der Waals surface area contributed by atoms with Crippen molar-refractivity contribution in [1.29, 1.82) is 0 Å².